The molecule has 5 heteroatoms. The predicted octanol–water partition coefficient (Wildman–Crippen LogP) is 1.65. The van der Waals surface area contributed by atoms with Crippen molar-refractivity contribution in [2.75, 3.05) is 43.4 Å². The van der Waals surface area contributed by atoms with Gasteiger partial charge in [0.1, 0.15) is 6.54 Å². The van der Waals surface area contributed by atoms with E-state index in [4.69, 9.17) is 10.8 Å². The minimum atomic E-state index is -0.825. The summed E-state index contributed by atoms with van der Waals surface area (Å²) in [6.45, 7) is 4.09. The Kier molecular flexibility index (Phi) is 5.24. The Labute approximate surface area is 120 Å². The molecule has 1 aliphatic rings. The van der Waals surface area contributed by atoms with Crippen molar-refractivity contribution >= 4 is 17.3 Å². The number of anilines is 2. The van der Waals surface area contributed by atoms with Crippen LogP contribution in [0.25, 0.3) is 0 Å². The Balaban J connectivity index is 1.93. The van der Waals surface area contributed by atoms with E-state index in [1.807, 2.05) is 29.2 Å². The molecule has 1 aliphatic heterocycles. The minimum Gasteiger partial charge on any atom is -0.480 e. The highest BCUT2D eigenvalue weighted by Gasteiger charge is 2.15. The monoisotopic (exact) mass is 277 g/mol. The fourth-order valence-electron chi connectivity index (χ4n) is 2.71. The van der Waals surface area contributed by atoms with Crippen LogP contribution in [0.1, 0.15) is 19.3 Å². The van der Waals surface area contributed by atoms with Gasteiger partial charge in [-0.15, -0.1) is 0 Å². The maximum Gasteiger partial charge on any atom is 0.323 e. The van der Waals surface area contributed by atoms with E-state index in [1.54, 1.807) is 0 Å². The first-order valence-electron chi connectivity index (χ1n) is 7.20. The maximum atomic E-state index is 11.0. The second-order valence-electron chi connectivity index (χ2n) is 5.28. The number of hydrogen-bond donors (Lipinski definition) is 2. The lowest BCUT2D eigenvalue weighted by Crippen LogP contribution is -2.33. The SMILES string of the molecule is Nc1ccccc1N(CCCN1CCCC1)CC(=O)O. The van der Waals surface area contributed by atoms with Gasteiger partial charge in [-0.25, -0.2) is 0 Å². The third-order valence-corrected chi connectivity index (χ3v) is 3.70. The molecule has 2 rings (SSSR count). The summed E-state index contributed by atoms with van der Waals surface area (Å²) in [4.78, 5) is 15.3. The number of nitrogens with two attached hydrogens (primary N) is 1. The number of carboxylic acid groups (broad SMARTS) is 1. The van der Waals surface area contributed by atoms with Crippen LogP contribution in [0.3, 0.4) is 0 Å². The Morgan fingerprint density at radius 2 is 2.00 bits per heavy atom. The molecule has 0 aromatic heterocycles. The van der Waals surface area contributed by atoms with Crippen molar-refractivity contribution in [1.82, 2.24) is 4.90 Å². The van der Waals surface area contributed by atoms with Gasteiger partial charge in [0.05, 0.1) is 11.4 Å². The highest BCUT2D eigenvalue weighted by molar-refractivity contribution is 5.77. The first-order chi connectivity index (χ1) is 9.66. The normalized spacial score (nSPS) is 15.4. The Bertz CT molecular complexity index is 444. The third kappa shape index (κ3) is 4.13. The van der Waals surface area contributed by atoms with Crippen LogP contribution in [0, 0.1) is 0 Å². The van der Waals surface area contributed by atoms with Crippen LogP contribution < -0.4 is 10.6 Å². The van der Waals surface area contributed by atoms with Crippen LogP contribution in [0.5, 0.6) is 0 Å². The second kappa shape index (κ2) is 7.14. The number of aliphatic carboxylic acids is 1. The topological polar surface area (TPSA) is 69.8 Å². The molecule has 1 saturated heterocycles. The standard InChI is InChI=1S/C15H23N3O2/c16-13-6-1-2-7-14(13)18(12-15(19)20)11-5-10-17-8-3-4-9-17/h1-2,6-7H,3-5,8-12,16H2,(H,19,20). The van der Waals surface area contributed by atoms with Crippen molar-refractivity contribution in [2.45, 2.75) is 19.3 Å². The average molecular weight is 277 g/mol. The highest BCUT2D eigenvalue weighted by Crippen LogP contribution is 2.22. The van der Waals surface area contributed by atoms with E-state index in [0.29, 0.717) is 5.69 Å². The number of carboxylic acids is 1. The summed E-state index contributed by atoms with van der Waals surface area (Å²) < 4.78 is 0. The molecule has 0 spiro atoms. The summed E-state index contributed by atoms with van der Waals surface area (Å²) in [5.41, 5.74) is 7.40. The molecule has 0 aliphatic carbocycles. The summed E-state index contributed by atoms with van der Waals surface area (Å²) in [5.74, 6) is -0.825. The van der Waals surface area contributed by atoms with E-state index in [0.717, 1.165) is 25.2 Å². The quantitative estimate of drug-likeness (QED) is 0.742. The fourth-order valence-corrected chi connectivity index (χ4v) is 2.71. The van der Waals surface area contributed by atoms with Crippen molar-refractivity contribution < 1.29 is 9.90 Å². The minimum absolute atomic E-state index is 0.00574. The first-order valence-corrected chi connectivity index (χ1v) is 7.20. The van der Waals surface area contributed by atoms with Crippen LogP contribution >= 0.6 is 0 Å². The van der Waals surface area contributed by atoms with Crippen molar-refractivity contribution in [3.05, 3.63) is 24.3 Å². The molecule has 0 amide bonds. The lowest BCUT2D eigenvalue weighted by Gasteiger charge is -2.25. The molecule has 0 saturated carbocycles. The van der Waals surface area contributed by atoms with Gasteiger partial charge < -0.3 is 20.6 Å². The van der Waals surface area contributed by atoms with Gasteiger partial charge in [-0.1, -0.05) is 12.1 Å². The number of nitrogens with zero attached hydrogens (tertiary/aromatic N) is 2. The van der Waals surface area contributed by atoms with Crippen molar-refractivity contribution in [3.63, 3.8) is 0 Å². The van der Waals surface area contributed by atoms with Crippen LogP contribution in [-0.2, 0) is 4.79 Å². The Morgan fingerprint density at radius 3 is 2.65 bits per heavy atom. The molecule has 1 aromatic rings. The molecular weight excluding hydrogens is 254 g/mol. The molecular formula is C15H23N3O2. The van der Waals surface area contributed by atoms with Gasteiger partial charge in [0, 0.05) is 6.54 Å². The van der Waals surface area contributed by atoms with Gasteiger partial charge >= 0.3 is 5.97 Å². The van der Waals surface area contributed by atoms with Gasteiger partial charge in [-0.3, -0.25) is 4.79 Å². The third-order valence-electron chi connectivity index (χ3n) is 3.70. The zero-order valence-corrected chi connectivity index (χ0v) is 11.8. The van der Waals surface area contributed by atoms with E-state index in [1.165, 1.54) is 25.9 Å². The van der Waals surface area contributed by atoms with E-state index in [9.17, 15) is 4.79 Å². The van der Waals surface area contributed by atoms with Crippen LogP contribution in [0.2, 0.25) is 0 Å². The molecule has 5 nitrogen and oxygen atoms in total. The molecule has 1 heterocycles. The molecule has 20 heavy (non-hydrogen) atoms. The summed E-state index contributed by atoms with van der Waals surface area (Å²) in [6.07, 6.45) is 3.52. The Hall–Kier alpha value is -1.75. The van der Waals surface area contributed by atoms with Crippen LogP contribution in [0.4, 0.5) is 11.4 Å². The van der Waals surface area contributed by atoms with E-state index in [-0.39, 0.29) is 6.54 Å². The second-order valence-corrected chi connectivity index (χ2v) is 5.28. The van der Waals surface area contributed by atoms with Gasteiger partial charge in [-0.05, 0) is 51.0 Å². The van der Waals surface area contributed by atoms with E-state index < -0.39 is 5.97 Å². The molecule has 0 radical (unpaired) electrons. The molecule has 1 fully saturated rings. The van der Waals surface area contributed by atoms with Gasteiger partial charge in [0.15, 0.2) is 0 Å². The molecule has 0 atom stereocenters. The smallest absolute Gasteiger partial charge is 0.323 e. The van der Waals surface area contributed by atoms with Crippen LogP contribution in [-0.4, -0.2) is 48.7 Å². The number of rotatable bonds is 7. The molecule has 0 bridgehead atoms. The summed E-state index contributed by atoms with van der Waals surface area (Å²) >= 11 is 0. The molecule has 0 unspecified atom stereocenters. The van der Waals surface area contributed by atoms with Gasteiger partial charge in [0.2, 0.25) is 0 Å². The van der Waals surface area contributed by atoms with Crippen molar-refractivity contribution in [1.29, 1.82) is 0 Å². The fraction of sp³-hybridized carbons (Fsp3) is 0.533. The van der Waals surface area contributed by atoms with E-state index >= 15 is 0 Å². The lowest BCUT2D eigenvalue weighted by molar-refractivity contribution is -0.135. The predicted molar refractivity (Wildman–Crippen MR) is 81.0 cm³/mol. The molecule has 3 N–H and O–H groups in total. The number of benzene rings is 1. The van der Waals surface area contributed by atoms with E-state index in [2.05, 4.69) is 4.90 Å². The lowest BCUT2D eigenvalue weighted by atomic mass is 10.2. The molecule has 110 valence electrons. The van der Waals surface area contributed by atoms with Crippen molar-refractivity contribution in [2.24, 2.45) is 0 Å². The van der Waals surface area contributed by atoms with Crippen LogP contribution in [0.15, 0.2) is 24.3 Å². The number of para-hydroxylation sites is 2. The number of nitrogen functional groups attached to an aromatic ring is 1. The summed E-state index contributed by atoms with van der Waals surface area (Å²) in [7, 11) is 0. The van der Waals surface area contributed by atoms with Crippen molar-refractivity contribution in [3.8, 4) is 0 Å². The van der Waals surface area contributed by atoms with Gasteiger partial charge in [-0.2, -0.15) is 0 Å². The highest BCUT2D eigenvalue weighted by atomic mass is 16.4. The maximum absolute atomic E-state index is 11.0. The molecule has 1 aromatic carbocycles. The summed E-state index contributed by atoms with van der Waals surface area (Å²) in [6, 6.07) is 7.45. The zero-order chi connectivity index (χ0) is 14.4. The number of likely N-dealkylation sites (tertiary alicyclic amines) is 1. The Morgan fingerprint density at radius 1 is 1.30 bits per heavy atom. The number of carbonyl (C=O) groups is 1. The van der Waals surface area contributed by atoms with Gasteiger partial charge in [0.25, 0.3) is 0 Å². The largest absolute Gasteiger partial charge is 0.480 e. The number of hydrogen-bond acceptors (Lipinski definition) is 4. The summed E-state index contributed by atoms with van der Waals surface area (Å²) in [5, 5.41) is 9.05. The average Bonchev–Trinajstić information content (AvgIpc) is 2.91. The first kappa shape index (κ1) is 14.7. The zero-order valence-electron chi connectivity index (χ0n) is 11.8.